The van der Waals surface area contributed by atoms with Crippen LogP contribution in [0.3, 0.4) is 0 Å². The lowest BCUT2D eigenvalue weighted by atomic mass is 10.1. The third-order valence-electron chi connectivity index (χ3n) is 5.12. The summed E-state index contributed by atoms with van der Waals surface area (Å²) in [6, 6.07) is 5.85. The normalized spacial score (nSPS) is 20.1. The Balaban J connectivity index is 1.50. The lowest BCUT2D eigenvalue weighted by Gasteiger charge is -2.20. The van der Waals surface area contributed by atoms with E-state index < -0.39 is 48.0 Å². The minimum Gasteiger partial charge on any atom is -0.322 e. The van der Waals surface area contributed by atoms with E-state index in [1.165, 1.54) is 0 Å². The molecule has 0 unspecified atom stereocenters. The van der Waals surface area contributed by atoms with Crippen LogP contribution in [0, 0.1) is 25.5 Å². The molecule has 2 aliphatic heterocycles. The molecule has 2 aliphatic rings. The van der Waals surface area contributed by atoms with Gasteiger partial charge >= 0.3 is 0 Å². The van der Waals surface area contributed by atoms with Gasteiger partial charge in [-0.15, -0.1) is 0 Å². The third-order valence-corrected chi connectivity index (χ3v) is 5.12. The van der Waals surface area contributed by atoms with E-state index in [2.05, 4.69) is 15.7 Å². The van der Waals surface area contributed by atoms with Gasteiger partial charge in [0.15, 0.2) is 12.1 Å². The zero-order valence-electron chi connectivity index (χ0n) is 16.1. The Bertz CT molecular complexity index is 1100. The van der Waals surface area contributed by atoms with Gasteiger partial charge in [0.05, 0.1) is 11.4 Å². The number of nitrogens with one attached hydrogen (secondary N) is 1. The number of aryl methyl sites for hydroxylation is 2. The van der Waals surface area contributed by atoms with Crippen molar-refractivity contribution in [3.63, 3.8) is 0 Å². The number of halogens is 2. The van der Waals surface area contributed by atoms with Gasteiger partial charge < -0.3 is 5.32 Å². The average molecular weight is 413 g/mol. The molecule has 0 aromatic heterocycles. The fraction of sp³-hybridized carbons (Fsp3) is 0.250. The first-order valence-electron chi connectivity index (χ1n) is 9.13. The molecule has 2 atom stereocenters. The van der Waals surface area contributed by atoms with Crippen molar-refractivity contribution in [1.29, 1.82) is 0 Å². The molecule has 2 aromatic rings. The second kappa shape index (κ2) is 7.29. The van der Waals surface area contributed by atoms with E-state index in [4.69, 9.17) is 0 Å². The predicted molar refractivity (Wildman–Crippen MR) is 103 cm³/mol. The van der Waals surface area contributed by atoms with Crippen molar-refractivity contribution in [3.05, 3.63) is 59.2 Å². The monoisotopic (exact) mass is 413 g/mol. The minimum absolute atomic E-state index is 0.209. The SMILES string of the molecule is Cc1ccc(N2C(=O)[C@H]3N=NN(CC(=O)Nc4ccc(F)cc4F)[C@H]3C2=O)cc1C. The Labute approximate surface area is 170 Å². The van der Waals surface area contributed by atoms with Gasteiger partial charge in [0.2, 0.25) is 5.91 Å². The van der Waals surface area contributed by atoms with Gasteiger partial charge in [0.1, 0.15) is 18.2 Å². The Morgan fingerprint density at radius 1 is 1.07 bits per heavy atom. The second-order valence-electron chi connectivity index (χ2n) is 7.14. The zero-order valence-corrected chi connectivity index (χ0v) is 16.1. The number of anilines is 2. The van der Waals surface area contributed by atoms with Crippen LogP contribution >= 0.6 is 0 Å². The van der Waals surface area contributed by atoms with Gasteiger partial charge in [-0.1, -0.05) is 11.3 Å². The Kier molecular flexibility index (Phi) is 4.76. The third kappa shape index (κ3) is 3.30. The molecule has 2 heterocycles. The average Bonchev–Trinajstić information content (AvgIpc) is 3.20. The van der Waals surface area contributed by atoms with Crippen molar-refractivity contribution in [2.75, 3.05) is 16.8 Å². The van der Waals surface area contributed by atoms with Crippen LogP contribution in [0.2, 0.25) is 0 Å². The Morgan fingerprint density at radius 3 is 2.53 bits per heavy atom. The summed E-state index contributed by atoms with van der Waals surface area (Å²) in [5.74, 6) is -3.46. The summed E-state index contributed by atoms with van der Waals surface area (Å²) in [5.41, 5.74) is 2.16. The predicted octanol–water partition coefficient (Wildman–Crippen LogP) is 2.51. The number of fused-ring (bicyclic) bond motifs is 1. The summed E-state index contributed by atoms with van der Waals surface area (Å²) >= 11 is 0. The minimum atomic E-state index is -1.05. The van der Waals surface area contributed by atoms with E-state index in [1.807, 2.05) is 19.9 Å². The van der Waals surface area contributed by atoms with E-state index in [-0.39, 0.29) is 5.69 Å². The van der Waals surface area contributed by atoms with Crippen LogP contribution in [0.25, 0.3) is 0 Å². The van der Waals surface area contributed by atoms with E-state index >= 15 is 0 Å². The molecule has 0 aliphatic carbocycles. The molecule has 3 amide bonds. The van der Waals surface area contributed by atoms with Crippen molar-refractivity contribution in [3.8, 4) is 0 Å². The van der Waals surface area contributed by atoms with E-state index in [0.717, 1.165) is 33.2 Å². The van der Waals surface area contributed by atoms with Crippen molar-refractivity contribution in [2.24, 2.45) is 10.3 Å². The highest BCUT2D eigenvalue weighted by molar-refractivity contribution is 6.25. The molecule has 8 nitrogen and oxygen atoms in total. The van der Waals surface area contributed by atoms with Crippen molar-refractivity contribution in [2.45, 2.75) is 25.9 Å². The van der Waals surface area contributed by atoms with Gasteiger partial charge in [-0.3, -0.25) is 19.4 Å². The first-order valence-corrected chi connectivity index (χ1v) is 9.13. The van der Waals surface area contributed by atoms with Crippen LogP contribution in [-0.4, -0.2) is 41.4 Å². The number of hydrogen-bond acceptors (Lipinski definition) is 6. The van der Waals surface area contributed by atoms with Gasteiger partial charge in [-0.05, 0) is 49.2 Å². The van der Waals surface area contributed by atoms with Crippen LogP contribution in [0.5, 0.6) is 0 Å². The van der Waals surface area contributed by atoms with Crippen molar-refractivity contribution >= 4 is 29.1 Å². The van der Waals surface area contributed by atoms with Crippen LogP contribution < -0.4 is 10.2 Å². The first kappa shape index (κ1) is 19.6. The number of rotatable bonds is 4. The number of nitrogens with zero attached hydrogens (tertiary/aromatic N) is 4. The molecule has 0 saturated carbocycles. The smallest absolute Gasteiger partial charge is 0.263 e. The van der Waals surface area contributed by atoms with Crippen LogP contribution in [-0.2, 0) is 14.4 Å². The lowest BCUT2D eigenvalue weighted by Crippen LogP contribution is -2.43. The molecule has 154 valence electrons. The van der Waals surface area contributed by atoms with Crippen LogP contribution in [0.1, 0.15) is 11.1 Å². The Hall–Kier alpha value is -3.69. The number of imide groups is 1. The number of amides is 3. The zero-order chi connectivity index (χ0) is 21.6. The summed E-state index contributed by atoms with van der Waals surface area (Å²) in [6.45, 7) is 3.36. The van der Waals surface area contributed by atoms with E-state index in [0.29, 0.717) is 11.8 Å². The number of carbonyl (C=O) groups is 3. The number of benzene rings is 2. The molecular weight excluding hydrogens is 396 g/mol. The molecule has 1 saturated heterocycles. The largest absolute Gasteiger partial charge is 0.322 e. The fourth-order valence-corrected chi connectivity index (χ4v) is 3.40. The topological polar surface area (TPSA) is 94.4 Å². The van der Waals surface area contributed by atoms with Crippen LogP contribution in [0.4, 0.5) is 20.2 Å². The van der Waals surface area contributed by atoms with Crippen molar-refractivity contribution < 1.29 is 23.2 Å². The maximum atomic E-state index is 13.7. The molecule has 2 aromatic carbocycles. The summed E-state index contributed by atoms with van der Waals surface area (Å²) in [7, 11) is 0. The summed E-state index contributed by atoms with van der Waals surface area (Å²) in [4.78, 5) is 39.0. The van der Waals surface area contributed by atoms with Gasteiger partial charge in [0, 0.05) is 6.07 Å². The molecule has 1 N–H and O–H groups in total. The van der Waals surface area contributed by atoms with Gasteiger partial charge in [-0.2, -0.15) is 5.11 Å². The summed E-state index contributed by atoms with van der Waals surface area (Å²) < 4.78 is 26.7. The van der Waals surface area contributed by atoms with Gasteiger partial charge in [-0.25, -0.2) is 13.7 Å². The highest BCUT2D eigenvalue weighted by Gasteiger charge is 2.55. The lowest BCUT2D eigenvalue weighted by molar-refractivity contribution is -0.123. The summed E-state index contributed by atoms with van der Waals surface area (Å²) in [6.07, 6.45) is 0. The molecule has 0 bridgehead atoms. The fourth-order valence-electron chi connectivity index (χ4n) is 3.40. The van der Waals surface area contributed by atoms with Gasteiger partial charge in [0.25, 0.3) is 11.8 Å². The number of carbonyl (C=O) groups excluding carboxylic acids is 3. The molecule has 4 rings (SSSR count). The molecule has 30 heavy (non-hydrogen) atoms. The molecular formula is C20H17F2N5O3. The molecule has 0 spiro atoms. The molecule has 10 heteroatoms. The molecule has 1 fully saturated rings. The highest BCUT2D eigenvalue weighted by atomic mass is 19.1. The number of hydrogen-bond donors (Lipinski definition) is 1. The standard InChI is InChI=1S/C20H17F2N5O3/c1-10-3-5-13(7-11(10)2)27-19(29)17-18(20(27)30)26(25-24-17)9-16(28)23-15-6-4-12(21)8-14(15)22/h3-8,17-18H,9H2,1-2H3,(H,23,28)/t17-,18+/m0/s1. The van der Waals surface area contributed by atoms with E-state index in [1.54, 1.807) is 12.1 Å². The quantitative estimate of drug-likeness (QED) is 0.780. The second-order valence-corrected chi connectivity index (χ2v) is 7.14. The molecule has 0 radical (unpaired) electrons. The maximum Gasteiger partial charge on any atom is 0.263 e. The highest BCUT2D eigenvalue weighted by Crippen LogP contribution is 2.32. The Morgan fingerprint density at radius 2 is 1.83 bits per heavy atom. The van der Waals surface area contributed by atoms with E-state index in [9.17, 15) is 23.2 Å². The van der Waals surface area contributed by atoms with Crippen LogP contribution in [0.15, 0.2) is 46.7 Å². The first-order chi connectivity index (χ1) is 14.3. The maximum absolute atomic E-state index is 13.7. The van der Waals surface area contributed by atoms with Crippen molar-refractivity contribution in [1.82, 2.24) is 5.01 Å². The summed E-state index contributed by atoms with van der Waals surface area (Å²) in [5, 5.41) is 11.0.